The van der Waals surface area contributed by atoms with Gasteiger partial charge in [0, 0.05) is 0 Å². The van der Waals surface area contributed by atoms with E-state index in [2.05, 4.69) is 158 Å². The van der Waals surface area contributed by atoms with Crippen molar-refractivity contribution in [1.82, 2.24) is 0 Å². The van der Waals surface area contributed by atoms with Crippen LogP contribution in [0, 0.1) is 0 Å². The van der Waals surface area contributed by atoms with Gasteiger partial charge in [0.1, 0.15) is 9.76 Å². The zero-order valence-electron chi connectivity index (χ0n) is 20.5. The van der Waals surface area contributed by atoms with Crippen LogP contribution in [-0.4, -0.2) is 26.6 Å². The molecule has 0 unspecified atom stereocenters. The Bertz CT molecular complexity index is 1210. The first-order valence-corrected chi connectivity index (χ1v) is 18.1. The molecule has 0 N–H and O–H groups in total. The molecule has 0 radical (unpaired) electrons. The molecule has 5 aromatic carbocycles. The molecule has 0 heterocycles. The lowest BCUT2D eigenvalue weighted by Crippen LogP contribution is -2.78. The predicted octanol–water partition coefficient (Wildman–Crippen LogP) is 3.08. The van der Waals surface area contributed by atoms with E-state index >= 15 is 0 Å². The third kappa shape index (κ3) is 4.59. The van der Waals surface area contributed by atoms with Crippen LogP contribution >= 0.6 is 0 Å². The molecule has 5 aromatic rings. The summed E-state index contributed by atoms with van der Waals surface area (Å²) < 4.78 is 14.9. The Hall–Kier alpha value is -3.33. The van der Waals surface area contributed by atoms with Crippen molar-refractivity contribution in [2.75, 3.05) is 0 Å². The van der Waals surface area contributed by atoms with Crippen LogP contribution in [0.25, 0.3) is 0 Å². The Morgan fingerprint density at radius 2 is 0.694 bits per heavy atom. The van der Waals surface area contributed by atoms with Crippen LogP contribution in [0.1, 0.15) is 0 Å². The van der Waals surface area contributed by atoms with Gasteiger partial charge >= 0.3 is 8.56 Å². The summed E-state index contributed by atoms with van der Waals surface area (Å²) in [6.07, 6.45) is 0. The quantitative estimate of drug-likeness (QED) is 0.221. The topological polar surface area (TPSA) is 18.5 Å². The zero-order chi connectivity index (χ0) is 24.7. The van der Waals surface area contributed by atoms with Crippen LogP contribution in [0.2, 0.25) is 6.55 Å². The number of hydrogen-bond donors (Lipinski definition) is 0. The normalized spacial score (nSPS) is 12.1. The monoisotopic (exact) mass is 518 g/mol. The first-order chi connectivity index (χ1) is 17.8. The average Bonchev–Trinajstić information content (AvgIpc) is 2.98. The highest BCUT2D eigenvalue weighted by molar-refractivity contribution is 7.13. The molecule has 0 aliphatic carbocycles. The average molecular weight is 519 g/mol. The third-order valence-corrected chi connectivity index (χ3v) is 17.3. The number of rotatable bonds is 9. The molecule has 5 rings (SSSR count). The summed E-state index contributed by atoms with van der Waals surface area (Å²) in [6.45, 7) is 2.20. The van der Waals surface area contributed by atoms with Crippen molar-refractivity contribution in [3.8, 4) is 0 Å². The number of benzene rings is 5. The lowest BCUT2D eigenvalue weighted by Gasteiger charge is -2.42. The van der Waals surface area contributed by atoms with Crippen molar-refractivity contribution in [2.45, 2.75) is 6.55 Å². The van der Waals surface area contributed by atoms with Gasteiger partial charge in [-0.05, 0) is 25.9 Å². The molecule has 2 nitrogen and oxygen atoms in total. The predicted molar refractivity (Wildman–Crippen MR) is 158 cm³/mol. The van der Waals surface area contributed by atoms with Crippen LogP contribution in [0.4, 0.5) is 0 Å². The molecule has 5 heteroatoms. The summed E-state index contributed by atoms with van der Waals surface area (Å²) in [5, 5.41) is 5.93. The third-order valence-electron chi connectivity index (χ3n) is 6.49. The molecule has 0 fully saturated rings. The minimum Gasteiger partial charge on any atom is -0.436 e. The molecule has 0 bridgehead atoms. The highest BCUT2D eigenvalue weighted by Crippen LogP contribution is 2.19. The van der Waals surface area contributed by atoms with Gasteiger partial charge in [0.05, 0.1) is 0 Å². The Morgan fingerprint density at radius 1 is 0.417 bits per heavy atom. The maximum absolute atomic E-state index is 7.89. The first-order valence-electron chi connectivity index (χ1n) is 12.4. The van der Waals surface area contributed by atoms with E-state index < -0.39 is 26.6 Å². The van der Waals surface area contributed by atoms with Crippen LogP contribution < -0.4 is 25.9 Å². The Labute approximate surface area is 218 Å². The fraction of sp³-hybridized carbons (Fsp3) is 0.0323. The van der Waals surface area contributed by atoms with E-state index in [1.807, 2.05) is 0 Å². The van der Waals surface area contributed by atoms with Crippen LogP contribution in [0.3, 0.4) is 0 Å². The van der Waals surface area contributed by atoms with E-state index in [-0.39, 0.29) is 0 Å². The van der Waals surface area contributed by atoms with Gasteiger partial charge in [-0.1, -0.05) is 158 Å². The molecule has 0 spiro atoms. The Balaban J connectivity index is 1.87. The SMILES string of the molecule is C[SiH2]O[Si](O[Si](c1ccccc1)(c1ccccc1)c1ccccc1)(c1ccccc1)c1ccccc1. The summed E-state index contributed by atoms with van der Waals surface area (Å²) >= 11 is 0. The van der Waals surface area contributed by atoms with Gasteiger partial charge in [-0.25, -0.2) is 0 Å². The second kappa shape index (κ2) is 11.2. The minimum absolute atomic E-state index is 0.827. The maximum Gasteiger partial charge on any atom is 0.386 e. The molecule has 0 aromatic heterocycles. The largest absolute Gasteiger partial charge is 0.436 e. The molecule has 36 heavy (non-hydrogen) atoms. The van der Waals surface area contributed by atoms with Gasteiger partial charge in [0.2, 0.25) is 0 Å². The van der Waals surface area contributed by atoms with Gasteiger partial charge in [-0.3, -0.25) is 0 Å². The van der Waals surface area contributed by atoms with Crippen molar-refractivity contribution < 1.29 is 8.23 Å². The van der Waals surface area contributed by atoms with Crippen LogP contribution in [-0.2, 0) is 8.23 Å². The van der Waals surface area contributed by atoms with Crippen molar-refractivity contribution in [3.63, 3.8) is 0 Å². The molecule has 178 valence electrons. The molecule has 0 aliphatic rings. The molecular formula is C31H30O2Si3. The second-order valence-electron chi connectivity index (χ2n) is 8.66. The number of hydrogen-bond acceptors (Lipinski definition) is 2. The fourth-order valence-corrected chi connectivity index (χ4v) is 17.3. The standard InChI is InChI=1S/C31H30O2Si3/c1-34-32-36(30-23-13-5-14-24-30,31-25-15-6-16-26-31)33-35(27-17-7-2-8-18-27,28-19-9-3-10-20-28)29-21-11-4-12-22-29/h2-26H,34H2,1H3. The summed E-state index contributed by atoms with van der Waals surface area (Å²) in [5.41, 5.74) is 0. The minimum atomic E-state index is -3.11. The highest BCUT2D eigenvalue weighted by Gasteiger charge is 2.53. The van der Waals surface area contributed by atoms with E-state index in [4.69, 9.17) is 8.23 Å². The lowest BCUT2D eigenvalue weighted by molar-refractivity contribution is 0.440. The molecule has 0 saturated heterocycles. The van der Waals surface area contributed by atoms with Crippen molar-refractivity contribution in [2.24, 2.45) is 0 Å². The van der Waals surface area contributed by atoms with Gasteiger partial charge in [-0.2, -0.15) is 0 Å². The van der Waals surface area contributed by atoms with E-state index in [0.717, 1.165) is 10.4 Å². The summed E-state index contributed by atoms with van der Waals surface area (Å²) in [7, 11) is -6.94. The van der Waals surface area contributed by atoms with Crippen molar-refractivity contribution in [3.05, 3.63) is 152 Å². The second-order valence-corrected chi connectivity index (χ2v) is 16.7. The smallest absolute Gasteiger partial charge is 0.386 e. The van der Waals surface area contributed by atoms with Crippen LogP contribution in [0.15, 0.2) is 152 Å². The van der Waals surface area contributed by atoms with Crippen molar-refractivity contribution in [1.29, 1.82) is 0 Å². The van der Waals surface area contributed by atoms with Crippen molar-refractivity contribution >= 4 is 52.6 Å². The summed E-state index contributed by atoms with van der Waals surface area (Å²) in [6, 6.07) is 53.6. The molecule has 0 atom stereocenters. The van der Waals surface area contributed by atoms with E-state index in [0.29, 0.717) is 0 Å². The van der Waals surface area contributed by atoms with E-state index in [1.165, 1.54) is 15.6 Å². The molecule has 0 aliphatic heterocycles. The Morgan fingerprint density at radius 3 is 0.972 bits per heavy atom. The maximum atomic E-state index is 7.89. The van der Waals surface area contributed by atoms with Gasteiger partial charge in [0.15, 0.2) is 0 Å². The van der Waals surface area contributed by atoms with E-state index in [1.54, 1.807) is 0 Å². The highest BCUT2D eigenvalue weighted by atomic mass is 28.5. The van der Waals surface area contributed by atoms with Gasteiger partial charge < -0.3 is 8.23 Å². The zero-order valence-corrected chi connectivity index (χ0v) is 23.9. The molecular weight excluding hydrogens is 489 g/mol. The van der Waals surface area contributed by atoms with Crippen LogP contribution in [0.5, 0.6) is 0 Å². The van der Waals surface area contributed by atoms with E-state index in [9.17, 15) is 0 Å². The molecule has 0 amide bonds. The lowest BCUT2D eigenvalue weighted by atomic mass is 10.3. The van der Waals surface area contributed by atoms with Gasteiger partial charge in [0.25, 0.3) is 8.32 Å². The summed E-state index contributed by atoms with van der Waals surface area (Å²) in [4.78, 5) is 0. The summed E-state index contributed by atoms with van der Waals surface area (Å²) in [5.74, 6) is 0. The molecule has 0 saturated carbocycles. The fourth-order valence-electron chi connectivity index (χ4n) is 4.91. The Kier molecular flexibility index (Phi) is 7.55. The van der Waals surface area contributed by atoms with Gasteiger partial charge in [-0.15, -0.1) is 0 Å². The first kappa shape index (κ1) is 24.4.